The summed E-state index contributed by atoms with van der Waals surface area (Å²) in [5.41, 5.74) is 0. The largest absolute Gasteiger partial charge is 0.304 e. The number of rotatable bonds is 4. The highest BCUT2D eigenvalue weighted by Gasteiger charge is 2.33. The van der Waals surface area contributed by atoms with Crippen LogP contribution in [0.25, 0.3) is 0 Å². The second-order valence-corrected chi connectivity index (χ2v) is 4.18. The van der Waals surface area contributed by atoms with Crippen molar-refractivity contribution in [2.45, 2.75) is 51.1 Å². The highest BCUT2D eigenvalue weighted by molar-refractivity contribution is 5.16. The molecule has 12 heavy (non-hydrogen) atoms. The molecule has 2 bridgehead atoms. The van der Waals surface area contributed by atoms with Crippen LogP contribution in [0.15, 0.2) is 12.2 Å². The molecule has 0 aliphatic carbocycles. The Balaban J connectivity index is 1.73. The van der Waals surface area contributed by atoms with Crippen LogP contribution < -0.4 is 5.32 Å². The maximum atomic E-state index is 3.59. The van der Waals surface area contributed by atoms with E-state index < -0.39 is 0 Å². The quantitative estimate of drug-likeness (QED) is 0.498. The summed E-state index contributed by atoms with van der Waals surface area (Å²) >= 11 is 0. The van der Waals surface area contributed by atoms with Crippen LogP contribution in [0.1, 0.15) is 39.0 Å². The zero-order valence-electron chi connectivity index (χ0n) is 7.92. The minimum absolute atomic E-state index is 0.724. The van der Waals surface area contributed by atoms with Crippen LogP contribution >= 0.6 is 0 Å². The van der Waals surface area contributed by atoms with E-state index in [0.717, 1.165) is 18.0 Å². The monoisotopic (exact) mass is 165 g/mol. The van der Waals surface area contributed by atoms with E-state index in [1.165, 1.54) is 32.1 Å². The summed E-state index contributed by atoms with van der Waals surface area (Å²) in [6, 6.07) is 1.45. The first-order chi connectivity index (χ1) is 5.90. The van der Waals surface area contributed by atoms with Crippen molar-refractivity contribution in [1.29, 1.82) is 0 Å². The fourth-order valence-corrected chi connectivity index (χ4v) is 2.48. The van der Waals surface area contributed by atoms with Crippen LogP contribution in [-0.2, 0) is 0 Å². The van der Waals surface area contributed by atoms with E-state index in [9.17, 15) is 0 Å². The molecule has 0 spiro atoms. The van der Waals surface area contributed by atoms with Gasteiger partial charge in [0.15, 0.2) is 0 Å². The Morgan fingerprint density at radius 2 is 2.25 bits per heavy atom. The van der Waals surface area contributed by atoms with Gasteiger partial charge in [-0.15, -0.1) is 0 Å². The van der Waals surface area contributed by atoms with Crippen molar-refractivity contribution in [2.75, 3.05) is 0 Å². The van der Waals surface area contributed by atoms with E-state index in [-0.39, 0.29) is 0 Å². The van der Waals surface area contributed by atoms with Crippen LogP contribution in [0.5, 0.6) is 0 Å². The molecule has 0 aromatic heterocycles. The molecule has 1 nitrogen and oxygen atoms in total. The van der Waals surface area contributed by atoms with Crippen LogP contribution in [0.3, 0.4) is 0 Å². The van der Waals surface area contributed by atoms with Crippen molar-refractivity contribution < 1.29 is 0 Å². The van der Waals surface area contributed by atoms with Crippen molar-refractivity contribution in [2.24, 2.45) is 5.92 Å². The Labute approximate surface area is 75.2 Å². The summed E-state index contributed by atoms with van der Waals surface area (Å²) in [6.07, 6.45) is 11.7. The average molecular weight is 165 g/mol. The van der Waals surface area contributed by atoms with E-state index in [1.807, 2.05) is 0 Å². The molecular formula is C11H19N. The third kappa shape index (κ3) is 1.56. The van der Waals surface area contributed by atoms with Crippen molar-refractivity contribution in [3.8, 4) is 0 Å². The lowest BCUT2D eigenvalue weighted by molar-refractivity contribution is 0.443. The van der Waals surface area contributed by atoms with E-state index in [1.54, 1.807) is 0 Å². The zero-order valence-corrected chi connectivity index (χ0v) is 7.92. The van der Waals surface area contributed by atoms with Gasteiger partial charge in [-0.1, -0.05) is 38.3 Å². The fraction of sp³-hybridized carbons (Fsp3) is 0.818. The topological polar surface area (TPSA) is 12.0 Å². The Hall–Kier alpha value is -0.300. The van der Waals surface area contributed by atoms with E-state index in [0.29, 0.717) is 0 Å². The molecule has 3 atom stereocenters. The maximum absolute atomic E-state index is 3.59. The Bertz CT molecular complexity index is 174. The van der Waals surface area contributed by atoms with Crippen LogP contribution in [0.4, 0.5) is 0 Å². The Morgan fingerprint density at radius 1 is 1.33 bits per heavy atom. The van der Waals surface area contributed by atoms with Gasteiger partial charge in [-0.25, -0.2) is 0 Å². The molecule has 2 rings (SSSR count). The second kappa shape index (κ2) is 3.61. The molecular weight excluding hydrogens is 146 g/mol. The number of fused-ring (bicyclic) bond motifs is 2. The molecule has 0 aromatic rings. The predicted molar refractivity (Wildman–Crippen MR) is 52.1 cm³/mol. The first-order valence-corrected chi connectivity index (χ1v) is 5.34. The molecule has 1 heteroatoms. The number of unbranched alkanes of at least 4 members (excludes halogenated alkanes) is 2. The molecule has 0 radical (unpaired) electrons. The van der Waals surface area contributed by atoms with Gasteiger partial charge < -0.3 is 5.32 Å². The van der Waals surface area contributed by atoms with Gasteiger partial charge in [0.25, 0.3) is 0 Å². The fourth-order valence-electron chi connectivity index (χ4n) is 2.48. The van der Waals surface area contributed by atoms with Gasteiger partial charge in [0.2, 0.25) is 0 Å². The summed E-state index contributed by atoms with van der Waals surface area (Å²) in [4.78, 5) is 0. The number of hydrogen-bond acceptors (Lipinski definition) is 1. The average Bonchev–Trinajstić information content (AvgIpc) is 2.65. The lowest BCUT2D eigenvalue weighted by Gasteiger charge is -2.15. The molecule has 68 valence electrons. The molecule has 0 aromatic carbocycles. The van der Waals surface area contributed by atoms with E-state index in [4.69, 9.17) is 0 Å². The summed E-state index contributed by atoms with van der Waals surface area (Å²) in [7, 11) is 0. The van der Waals surface area contributed by atoms with Gasteiger partial charge in [0.05, 0.1) is 0 Å². The molecule has 0 unspecified atom stereocenters. The molecule has 2 aliphatic heterocycles. The van der Waals surface area contributed by atoms with Gasteiger partial charge in [-0.2, -0.15) is 0 Å². The Morgan fingerprint density at radius 3 is 2.83 bits per heavy atom. The lowest BCUT2D eigenvalue weighted by Crippen LogP contribution is -2.22. The smallest absolute Gasteiger partial charge is 0.0285 e. The molecule has 1 fully saturated rings. The lowest BCUT2D eigenvalue weighted by atomic mass is 9.89. The van der Waals surface area contributed by atoms with Gasteiger partial charge >= 0.3 is 0 Å². The van der Waals surface area contributed by atoms with Crippen LogP contribution in [-0.4, -0.2) is 12.1 Å². The SMILES string of the molecule is CCCCC[C@H]1C[C@@H]2C=C[C@H]1N2. The number of nitrogens with one attached hydrogen (secondary N) is 1. The van der Waals surface area contributed by atoms with Crippen molar-refractivity contribution in [3.05, 3.63) is 12.2 Å². The van der Waals surface area contributed by atoms with Crippen molar-refractivity contribution >= 4 is 0 Å². The van der Waals surface area contributed by atoms with Crippen LogP contribution in [0.2, 0.25) is 0 Å². The van der Waals surface area contributed by atoms with Crippen LogP contribution in [0, 0.1) is 5.92 Å². The minimum Gasteiger partial charge on any atom is -0.304 e. The predicted octanol–water partition coefficient (Wildman–Crippen LogP) is 2.48. The molecule has 2 aliphatic rings. The second-order valence-electron chi connectivity index (χ2n) is 4.18. The normalized spacial score (nSPS) is 37.9. The highest BCUT2D eigenvalue weighted by Crippen LogP contribution is 2.31. The van der Waals surface area contributed by atoms with Gasteiger partial charge in [-0.05, 0) is 18.8 Å². The van der Waals surface area contributed by atoms with E-state index >= 15 is 0 Å². The highest BCUT2D eigenvalue weighted by atomic mass is 15.0. The first-order valence-electron chi connectivity index (χ1n) is 5.34. The van der Waals surface area contributed by atoms with Gasteiger partial charge in [0.1, 0.15) is 0 Å². The Kier molecular flexibility index (Phi) is 2.50. The standard InChI is InChI=1S/C11H19N/c1-2-3-4-5-9-8-10-6-7-11(9)12-10/h6-7,9-12H,2-5,8H2,1H3/t9-,10-,11+/m0/s1. The third-order valence-corrected chi connectivity index (χ3v) is 3.20. The molecule has 2 heterocycles. The summed E-state index contributed by atoms with van der Waals surface area (Å²) in [6.45, 7) is 2.28. The van der Waals surface area contributed by atoms with Crippen molar-refractivity contribution in [3.63, 3.8) is 0 Å². The molecule has 1 saturated heterocycles. The zero-order chi connectivity index (χ0) is 8.39. The summed E-state index contributed by atoms with van der Waals surface area (Å²) < 4.78 is 0. The van der Waals surface area contributed by atoms with Crippen molar-refractivity contribution in [1.82, 2.24) is 5.32 Å². The third-order valence-electron chi connectivity index (χ3n) is 3.20. The molecule has 0 saturated carbocycles. The van der Waals surface area contributed by atoms with Gasteiger partial charge in [-0.3, -0.25) is 0 Å². The van der Waals surface area contributed by atoms with E-state index in [2.05, 4.69) is 24.4 Å². The summed E-state index contributed by atoms with van der Waals surface area (Å²) in [5.74, 6) is 0.951. The summed E-state index contributed by atoms with van der Waals surface area (Å²) in [5, 5.41) is 3.59. The number of hydrogen-bond donors (Lipinski definition) is 1. The maximum Gasteiger partial charge on any atom is 0.0285 e. The van der Waals surface area contributed by atoms with Gasteiger partial charge in [0, 0.05) is 12.1 Å². The first kappa shape index (κ1) is 8.31. The molecule has 1 N–H and O–H groups in total. The minimum atomic E-state index is 0.724. The molecule has 0 amide bonds.